The number of halogens is 4. The van der Waals surface area contributed by atoms with Gasteiger partial charge in [0, 0.05) is 6.07 Å². The molecule has 0 saturated carbocycles. The summed E-state index contributed by atoms with van der Waals surface area (Å²) in [5.74, 6) is -0.413. The van der Waals surface area contributed by atoms with Gasteiger partial charge in [-0.2, -0.15) is 0 Å². The van der Waals surface area contributed by atoms with Gasteiger partial charge in [-0.15, -0.1) is 13.2 Å². The molecule has 8 heteroatoms. The van der Waals surface area contributed by atoms with Crippen LogP contribution < -0.4 is 9.47 Å². The second kappa shape index (κ2) is 5.04. The minimum atomic E-state index is -4.78. The van der Waals surface area contributed by atoms with Gasteiger partial charge in [0.1, 0.15) is 15.1 Å². The molecule has 0 fully saturated rings. The van der Waals surface area contributed by atoms with Crippen LogP contribution in [0.15, 0.2) is 6.07 Å². The Labute approximate surface area is 103 Å². The topological polar surface area (TPSA) is 51.6 Å². The lowest BCUT2D eigenvalue weighted by Crippen LogP contribution is -2.18. The van der Waals surface area contributed by atoms with Crippen molar-refractivity contribution in [2.45, 2.75) is 13.0 Å². The molecule has 0 aliphatic heterocycles. The van der Waals surface area contributed by atoms with Gasteiger partial charge in [-0.3, -0.25) is 0 Å². The zero-order valence-corrected chi connectivity index (χ0v) is 10.2. The van der Waals surface area contributed by atoms with Crippen LogP contribution in [0.5, 0.6) is 11.5 Å². The third kappa shape index (κ3) is 3.37. The summed E-state index contributed by atoms with van der Waals surface area (Å²) in [5, 5.41) is 8.89. The van der Waals surface area contributed by atoms with Crippen LogP contribution in [-0.2, 0) is 6.61 Å². The molecular formula is C8H7F3INO3. The van der Waals surface area contributed by atoms with Crippen molar-refractivity contribution in [3.63, 3.8) is 0 Å². The number of rotatable bonds is 3. The Morgan fingerprint density at radius 3 is 2.50 bits per heavy atom. The SMILES string of the molecule is COc1cc(OC(F)(F)F)c(I)nc1CO. The van der Waals surface area contributed by atoms with Crippen molar-refractivity contribution in [1.29, 1.82) is 0 Å². The Morgan fingerprint density at radius 1 is 1.44 bits per heavy atom. The molecule has 1 heterocycles. The summed E-state index contributed by atoms with van der Waals surface area (Å²) in [4.78, 5) is 3.73. The lowest BCUT2D eigenvalue weighted by atomic mass is 10.3. The van der Waals surface area contributed by atoms with E-state index < -0.39 is 18.7 Å². The first kappa shape index (κ1) is 13.3. The lowest BCUT2D eigenvalue weighted by Gasteiger charge is -2.13. The van der Waals surface area contributed by atoms with E-state index in [0.717, 1.165) is 6.07 Å². The van der Waals surface area contributed by atoms with E-state index in [9.17, 15) is 13.2 Å². The predicted molar refractivity (Wildman–Crippen MR) is 56.1 cm³/mol. The molecule has 4 nitrogen and oxygen atoms in total. The second-order valence-corrected chi connectivity index (χ2v) is 3.65. The number of nitrogens with zero attached hydrogens (tertiary/aromatic N) is 1. The van der Waals surface area contributed by atoms with Gasteiger partial charge in [0.05, 0.1) is 13.7 Å². The van der Waals surface area contributed by atoms with Gasteiger partial charge in [0.25, 0.3) is 0 Å². The molecule has 0 aliphatic rings. The Bertz CT molecular complexity index is 384. The minimum absolute atomic E-state index is 0.000208. The van der Waals surface area contributed by atoms with Crippen molar-refractivity contribution in [1.82, 2.24) is 4.98 Å². The highest BCUT2D eigenvalue weighted by atomic mass is 127. The molecule has 0 aliphatic carbocycles. The molecule has 0 spiro atoms. The molecule has 0 radical (unpaired) electrons. The number of ether oxygens (including phenoxy) is 2. The smallest absolute Gasteiger partial charge is 0.495 e. The first-order valence-corrected chi connectivity index (χ1v) is 5.05. The summed E-state index contributed by atoms with van der Waals surface area (Å²) in [6.07, 6.45) is -4.78. The van der Waals surface area contributed by atoms with Gasteiger partial charge in [0.15, 0.2) is 5.75 Å². The van der Waals surface area contributed by atoms with Crippen LogP contribution >= 0.6 is 22.6 Å². The van der Waals surface area contributed by atoms with Crippen molar-refractivity contribution < 1.29 is 27.8 Å². The maximum Gasteiger partial charge on any atom is 0.573 e. The zero-order valence-electron chi connectivity index (χ0n) is 8.01. The Hall–Kier alpha value is -0.770. The molecule has 0 atom stereocenters. The summed E-state index contributed by atoms with van der Waals surface area (Å²) in [5.41, 5.74) is 0.154. The van der Waals surface area contributed by atoms with Gasteiger partial charge in [-0.1, -0.05) is 0 Å². The fourth-order valence-corrected chi connectivity index (χ4v) is 1.53. The number of aliphatic hydroxyl groups is 1. The molecular weight excluding hydrogens is 342 g/mol. The van der Waals surface area contributed by atoms with E-state index in [4.69, 9.17) is 9.84 Å². The quantitative estimate of drug-likeness (QED) is 0.671. The largest absolute Gasteiger partial charge is 0.573 e. The summed E-state index contributed by atoms with van der Waals surface area (Å²) in [7, 11) is 1.26. The van der Waals surface area contributed by atoms with E-state index in [1.54, 1.807) is 22.6 Å². The summed E-state index contributed by atoms with van der Waals surface area (Å²) >= 11 is 1.58. The second-order valence-electron chi connectivity index (χ2n) is 2.63. The van der Waals surface area contributed by atoms with Crippen LogP contribution in [0.4, 0.5) is 13.2 Å². The van der Waals surface area contributed by atoms with E-state index in [1.807, 2.05) is 0 Å². The van der Waals surface area contributed by atoms with Gasteiger partial charge < -0.3 is 14.6 Å². The van der Waals surface area contributed by atoms with Crippen molar-refractivity contribution in [2.75, 3.05) is 7.11 Å². The fraction of sp³-hybridized carbons (Fsp3) is 0.375. The predicted octanol–water partition coefficient (Wildman–Crippen LogP) is 2.09. The van der Waals surface area contributed by atoms with Crippen LogP contribution in [0.1, 0.15) is 5.69 Å². The highest BCUT2D eigenvalue weighted by Crippen LogP contribution is 2.31. The first-order valence-electron chi connectivity index (χ1n) is 3.97. The highest BCUT2D eigenvalue weighted by Gasteiger charge is 2.32. The molecule has 0 bridgehead atoms. The molecule has 1 aromatic rings. The summed E-state index contributed by atoms with van der Waals surface area (Å²) in [6, 6.07) is 1.04. The Morgan fingerprint density at radius 2 is 2.06 bits per heavy atom. The molecule has 0 unspecified atom stereocenters. The van der Waals surface area contributed by atoms with Gasteiger partial charge >= 0.3 is 6.36 Å². The maximum atomic E-state index is 12.0. The van der Waals surface area contributed by atoms with E-state index in [2.05, 4.69) is 9.72 Å². The van der Waals surface area contributed by atoms with Crippen LogP contribution in [-0.4, -0.2) is 23.6 Å². The van der Waals surface area contributed by atoms with Crippen LogP contribution in [0.2, 0.25) is 0 Å². The van der Waals surface area contributed by atoms with Crippen molar-refractivity contribution in [3.8, 4) is 11.5 Å². The molecule has 1 rings (SSSR count). The van der Waals surface area contributed by atoms with Gasteiger partial charge in [-0.25, -0.2) is 4.98 Å². The zero-order chi connectivity index (χ0) is 12.3. The number of aliphatic hydroxyl groups excluding tert-OH is 1. The molecule has 16 heavy (non-hydrogen) atoms. The number of hydrogen-bond acceptors (Lipinski definition) is 4. The lowest BCUT2D eigenvalue weighted by molar-refractivity contribution is -0.275. The summed E-state index contributed by atoms with van der Waals surface area (Å²) < 4.78 is 44.5. The molecule has 1 N–H and O–H groups in total. The van der Waals surface area contributed by atoms with Gasteiger partial charge in [-0.05, 0) is 22.6 Å². The number of aromatic nitrogens is 1. The van der Waals surface area contributed by atoms with Gasteiger partial charge in [0.2, 0.25) is 0 Å². The number of alkyl halides is 3. The van der Waals surface area contributed by atoms with Crippen molar-refractivity contribution in [2.24, 2.45) is 0 Å². The molecule has 0 amide bonds. The normalized spacial score (nSPS) is 11.4. The molecule has 0 aromatic carbocycles. The number of hydrogen-bond donors (Lipinski definition) is 1. The third-order valence-corrected chi connectivity index (χ3v) is 2.35. The standard InChI is InChI=1S/C8H7F3INO3/c1-15-5-2-6(16-8(9,10)11)7(12)13-4(5)3-14/h2,14H,3H2,1H3. The Kier molecular flexibility index (Phi) is 4.19. The monoisotopic (exact) mass is 349 g/mol. The average Bonchev–Trinajstić information content (AvgIpc) is 2.18. The highest BCUT2D eigenvalue weighted by molar-refractivity contribution is 14.1. The minimum Gasteiger partial charge on any atom is -0.495 e. The third-order valence-electron chi connectivity index (χ3n) is 1.58. The number of methoxy groups -OCH3 is 1. The molecule has 90 valence electrons. The summed E-state index contributed by atoms with van der Waals surface area (Å²) in [6.45, 7) is -0.425. The van der Waals surface area contributed by atoms with E-state index >= 15 is 0 Å². The average molecular weight is 349 g/mol. The fourth-order valence-electron chi connectivity index (χ4n) is 0.977. The first-order chi connectivity index (χ1) is 7.37. The van der Waals surface area contributed by atoms with Crippen molar-refractivity contribution >= 4 is 22.6 Å². The Balaban J connectivity index is 3.11. The van der Waals surface area contributed by atoms with E-state index in [1.165, 1.54) is 7.11 Å². The van der Waals surface area contributed by atoms with Crippen LogP contribution in [0.3, 0.4) is 0 Å². The molecule has 1 aromatic heterocycles. The number of pyridine rings is 1. The molecule has 0 saturated heterocycles. The van der Waals surface area contributed by atoms with Crippen LogP contribution in [0, 0.1) is 3.70 Å². The van der Waals surface area contributed by atoms with Crippen molar-refractivity contribution in [3.05, 3.63) is 15.5 Å². The maximum absolute atomic E-state index is 12.0. The van der Waals surface area contributed by atoms with Crippen LogP contribution in [0.25, 0.3) is 0 Å². The van der Waals surface area contributed by atoms with E-state index in [-0.39, 0.29) is 15.1 Å². The van der Waals surface area contributed by atoms with E-state index in [0.29, 0.717) is 0 Å².